The smallest absolute Gasteiger partial charge is 0.0638 e. The lowest BCUT2D eigenvalue weighted by molar-refractivity contribution is 0.509. The Bertz CT molecular complexity index is 481. The van der Waals surface area contributed by atoms with E-state index in [4.69, 9.17) is 5.26 Å². The molecule has 1 saturated heterocycles. The number of rotatable bonds is 2. The molecule has 4 heteroatoms. The lowest BCUT2D eigenvalue weighted by Gasteiger charge is -2.28. The van der Waals surface area contributed by atoms with Gasteiger partial charge in [0, 0.05) is 29.3 Å². The number of hydrogen-bond donors (Lipinski definition) is 1. The number of nitriles is 1. The van der Waals surface area contributed by atoms with Gasteiger partial charge in [0.25, 0.3) is 0 Å². The first kappa shape index (κ1) is 14.4. The molecule has 0 bridgehead atoms. The molecule has 1 aliphatic rings. The number of nitrogens with zero attached hydrogens (tertiary/aromatic N) is 2. The van der Waals surface area contributed by atoms with Crippen LogP contribution in [0.4, 0.5) is 5.69 Å². The largest absolute Gasteiger partial charge is 0.369 e. The minimum atomic E-state index is 0.262. The van der Waals surface area contributed by atoms with Crippen molar-refractivity contribution in [3.05, 3.63) is 28.2 Å². The number of nitrogens with one attached hydrogen (secondary N) is 1. The molecule has 1 N–H and O–H groups in total. The first-order valence-corrected chi connectivity index (χ1v) is 7.51. The van der Waals surface area contributed by atoms with Gasteiger partial charge in [0.2, 0.25) is 0 Å². The fourth-order valence-electron chi connectivity index (χ4n) is 2.63. The van der Waals surface area contributed by atoms with E-state index < -0.39 is 0 Å². The van der Waals surface area contributed by atoms with Gasteiger partial charge in [0.15, 0.2) is 0 Å². The average Bonchev–Trinajstić information content (AvgIpc) is 2.52. The molecule has 19 heavy (non-hydrogen) atoms. The standard InChI is InChI=1S/C15H20BrN3/c1-11-8-18-14(5-6-17)10-19(9-11)15-4-3-13(16)7-12(15)2/h3-4,7,11,14,18H,5,8-10H2,1-2H3. The summed E-state index contributed by atoms with van der Waals surface area (Å²) >= 11 is 3.51. The molecular formula is C15H20BrN3. The van der Waals surface area contributed by atoms with Gasteiger partial charge < -0.3 is 10.2 Å². The van der Waals surface area contributed by atoms with Crippen LogP contribution < -0.4 is 10.2 Å². The van der Waals surface area contributed by atoms with Gasteiger partial charge >= 0.3 is 0 Å². The van der Waals surface area contributed by atoms with E-state index in [1.165, 1.54) is 11.3 Å². The van der Waals surface area contributed by atoms with Crippen molar-refractivity contribution in [3.8, 4) is 6.07 Å². The topological polar surface area (TPSA) is 39.1 Å². The lowest BCUT2D eigenvalue weighted by atomic mass is 10.1. The van der Waals surface area contributed by atoms with E-state index >= 15 is 0 Å². The van der Waals surface area contributed by atoms with E-state index in [0.717, 1.165) is 24.1 Å². The Balaban J connectivity index is 2.22. The monoisotopic (exact) mass is 321 g/mol. The predicted octanol–water partition coefficient (Wildman–Crippen LogP) is 3.09. The SMILES string of the molecule is Cc1cc(Br)ccc1N1CC(C)CNC(CC#N)C1. The number of hydrogen-bond acceptors (Lipinski definition) is 3. The maximum Gasteiger partial charge on any atom is 0.0638 e. The third-order valence-electron chi connectivity index (χ3n) is 3.57. The molecule has 102 valence electrons. The summed E-state index contributed by atoms with van der Waals surface area (Å²) in [6.45, 7) is 7.32. The van der Waals surface area contributed by atoms with E-state index in [2.05, 4.69) is 64.3 Å². The molecule has 1 aliphatic heterocycles. The molecule has 2 atom stereocenters. The second-order valence-electron chi connectivity index (χ2n) is 5.41. The molecule has 0 saturated carbocycles. The summed E-state index contributed by atoms with van der Waals surface area (Å²) < 4.78 is 1.11. The van der Waals surface area contributed by atoms with Crippen molar-refractivity contribution in [3.63, 3.8) is 0 Å². The maximum atomic E-state index is 8.91. The van der Waals surface area contributed by atoms with Crippen molar-refractivity contribution >= 4 is 21.6 Å². The van der Waals surface area contributed by atoms with Gasteiger partial charge in [-0.25, -0.2) is 0 Å². The van der Waals surface area contributed by atoms with Crippen LogP contribution in [0, 0.1) is 24.2 Å². The molecule has 1 aromatic carbocycles. The summed E-state index contributed by atoms with van der Waals surface area (Å²) in [5.41, 5.74) is 2.56. The van der Waals surface area contributed by atoms with Gasteiger partial charge in [-0.05, 0) is 43.1 Å². The summed E-state index contributed by atoms with van der Waals surface area (Å²) in [6.07, 6.45) is 0.568. The Labute approximate surface area is 123 Å². The van der Waals surface area contributed by atoms with Gasteiger partial charge in [-0.2, -0.15) is 5.26 Å². The van der Waals surface area contributed by atoms with Crippen LogP contribution in [0.15, 0.2) is 22.7 Å². The molecule has 0 radical (unpaired) electrons. The number of benzene rings is 1. The Kier molecular flexibility index (Phi) is 4.84. The molecule has 3 nitrogen and oxygen atoms in total. The summed E-state index contributed by atoms with van der Waals surface area (Å²) in [5, 5.41) is 12.4. The molecule has 0 aliphatic carbocycles. The quantitative estimate of drug-likeness (QED) is 0.909. The summed E-state index contributed by atoms with van der Waals surface area (Å²) in [6, 6.07) is 8.95. The molecule has 0 spiro atoms. The summed E-state index contributed by atoms with van der Waals surface area (Å²) in [5.74, 6) is 0.590. The third kappa shape index (κ3) is 3.71. The lowest BCUT2D eigenvalue weighted by Crippen LogP contribution is -2.37. The first-order valence-electron chi connectivity index (χ1n) is 6.71. The zero-order chi connectivity index (χ0) is 13.8. The average molecular weight is 322 g/mol. The van der Waals surface area contributed by atoms with E-state index in [1.807, 2.05) is 0 Å². The first-order chi connectivity index (χ1) is 9.10. The van der Waals surface area contributed by atoms with E-state index in [0.29, 0.717) is 12.3 Å². The molecule has 1 heterocycles. The van der Waals surface area contributed by atoms with Crippen molar-refractivity contribution in [1.82, 2.24) is 5.32 Å². The Morgan fingerprint density at radius 2 is 2.26 bits per heavy atom. The van der Waals surface area contributed by atoms with E-state index in [1.54, 1.807) is 0 Å². The van der Waals surface area contributed by atoms with Crippen LogP contribution in [-0.4, -0.2) is 25.7 Å². The molecule has 0 amide bonds. The molecule has 1 aromatic rings. The van der Waals surface area contributed by atoms with Crippen LogP contribution in [0.3, 0.4) is 0 Å². The fourth-order valence-corrected chi connectivity index (χ4v) is 3.11. The van der Waals surface area contributed by atoms with Gasteiger partial charge in [-0.3, -0.25) is 0 Å². The highest BCUT2D eigenvalue weighted by Gasteiger charge is 2.22. The Morgan fingerprint density at radius 1 is 1.47 bits per heavy atom. The number of halogens is 1. The second-order valence-corrected chi connectivity index (χ2v) is 6.32. The molecule has 2 unspecified atom stereocenters. The van der Waals surface area contributed by atoms with Crippen LogP contribution in [0.5, 0.6) is 0 Å². The van der Waals surface area contributed by atoms with Crippen molar-refractivity contribution in [1.29, 1.82) is 5.26 Å². The minimum absolute atomic E-state index is 0.262. The summed E-state index contributed by atoms with van der Waals surface area (Å²) in [4.78, 5) is 2.41. The predicted molar refractivity (Wildman–Crippen MR) is 82.3 cm³/mol. The van der Waals surface area contributed by atoms with Crippen molar-refractivity contribution in [2.75, 3.05) is 24.5 Å². The highest BCUT2D eigenvalue weighted by Crippen LogP contribution is 2.26. The Morgan fingerprint density at radius 3 is 2.95 bits per heavy atom. The van der Waals surface area contributed by atoms with Crippen LogP contribution in [-0.2, 0) is 0 Å². The van der Waals surface area contributed by atoms with Crippen molar-refractivity contribution in [2.24, 2.45) is 5.92 Å². The van der Waals surface area contributed by atoms with Gasteiger partial charge in [0.1, 0.15) is 0 Å². The third-order valence-corrected chi connectivity index (χ3v) is 4.06. The van der Waals surface area contributed by atoms with Crippen LogP contribution >= 0.6 is 15.9 Å². The normalized spacial score (nSPS) is 23.8. The minimum Gasteiger partial charge on any atom is -0.369 e. The molecular weight excluding hydrogens is 302 g/mol. The summed E-state index contributed by atoms with van der Waals surface area (Å²) in [7, 11) is 0. The number of aryl methyl sites for hydroxylation is 1. The van der Waals surface area contributed by atoms with E-state index in [-0.39, 0.29) is 6.04 Å². The molecule has 2 rings (SSSR count). The highest BCUT2D eigenvalue weighted by atomic mass is 79.9. The molecule has 1 fully saturated rings. The fraction of sp³-hybridized carbons (Fsp3) is 0.533. The second kappa shape index (κ2) is 6.40. The van der Waals surface area contributed by atoms with Crippen LogP contribution in [0.2, 0.25) is 0 Å². The van der Waals surface area contributed by atoms with E-state index in [9.17, 15) is 0 Å². The maximum absolute atomic E-state index is 8.91. The van der Waals surface area contributed by atoms with Crippen LogP contribution in [0.25, 0.3) is 0 Å². The number of anilines is 1. The zero-order valence-electron chi connectivity index (χ0n) is 11.5. The highest BCUT2D eigenvalue weighted by molar-refractivity contribution is 9.10. The van der Waals surface area contributed by atoms with Gasteiger partial charge in [-0.1, -0.05) is 22.9 Å². The van der Waals surface area contributed by atoms with Crippen molar-refractivity contribution in [2.45, 2.75) is 26.3 Å². The Hall–Kier alpha value is -1.05. The zero-order valence-corrected chi connectivity index (χ0v) is 13.1. The van der Waals surface area contributed by atoms with Gasteiger partial charge in [0.05, 0.1) is 12.5 Å². The van der Waals surface area contributed by atoms with Crippen molar-refractivity contribution < 1.29 is 0 Å². The van der Waals surface area contributed by atoms with Gasteiger partial charge in [-0.15, -0.1) is 0 Å². The molecule has 0 aromatic heterocycles. The van der Waals surface area contributed by atoms with Crippen LogP contribution in [0.1, 0.15) is 18.9 Å².